The van der Waals surface area contributed by atoms with Crippen LogP contribution in [0.1, 0.15) is 30.0 Å². The van der Waals surface area contributed by atoms with Crippen molar-refractivity contribution in [3.63, 3.8) is 0 Å². The van der Waals surface area contributed by atoms with Crippen LogP contribution in [0.15, 0.2) is 5.38 Å². The number of aromatic nitrogens is 1. The molecule has 1 unspecified atom stereocenters. The van der Waals surface area contributed by atoms with E-state index in [4.69, 9.17) is 15.2 Å². The van der Waals surface area contributed by atoms with Gasteiger partial charge in [-0.3, -0.25) is 0 Å². The number of thiazole rings is 1. The number of nitrogens with zero attached hydrogens (tertiary/aromatic N) is 1. The monoisotopic (exact) mass is 258 g/mol. The highest BCUT2D eigenvalue weighted by molar-refractivity contribution is 7.09. The third kappa shape index (κ3) is 5.12. The molecule has 0 amide bonds. The molecule has 1 aromatic heterocycles. The van der Waals surface area contributed by atoms with Gasteiger partial charge in [-0.25, -0.2) is 4.98 Å². The fourth-order valence-corrected chi connectivity index (χ4v) is 2.39. The lowest BCUT2D eigenvalue weighted by Crippen LogP contribution is -2.12. The Morgan fingerprint density at radius 1 is 1.41 bits per heavy atom. The van der Waals surface area contributed by atoms with Gasteiger partial charge >= 0.3 is 0 Å². The van der Waals surface area contributed by atoms with Crippen molar-refractivity contribution >= 4 is 11.3 Å². The van der Waals surface area contributed by atoms with Crippen molar-refractivity contribution in [3.8, 4) is 0 Å². The van der Waals surface area contributed by atoms with Gasteiger partial charge in [-0.05, 0) is 6.42 Å². The summed E-state index contributed by atoms with van der Waals surface area (Å²) in [5.41, 5.74) is 6.84. The molecule has 0 aromatic carbocycles. The number of methoxy groups -OCH3 is 1. The van der Waals surface area contributed by atoms with E-state index in [2.05, 4.69) is 17.3 Å². The minimum atomic E-state index is 0.398. The maximum absolute atomic E-state index is 5.71. The fraction of sp³-hybridized carbons (Fsp3) is 0.750. The Balaban J connectivity index is 2.30. The molecular weight excluding hydrogens is 236 g/mol. The quantitative estimate of drug-likeness (QED) is 0.686. The predicted molar refractivity (Wildman–Crippen MR) is 70.6 cm³/mol. The molecule has 98 valence electrons. The van der Waals surface area contributed by atoms with Gasteiger partial charge < -0.3 is 15.2 Å². The van der Waals surface area contributed by atoms with Crippen LogP contribution in [0.25, 0.3) is 0 Å². The van der Waals surface area contributed by atoms with Gasteiger partial charge in [-0.15, -0.1) is 11.3 Å². The predicted octanol–water partition coefficient (Wildman–Crippen LogP) is 1.80. The van der Waals surface area contributed by atoms with Crippen LogP contribution in [0.5, 0.6) is 0 Å². The number of hydrogen-bond acceptors (Lipinski definition) is 5. The summed E-state index contributed by atoms with van der Waals surface area (Å²) in [5.74, 6) is 0.398. The molecule has 17 heavy (non-hydrogen) atoms. The van der Waals surface area contributed by atoms with E-state index < -0.39 is 0 Å². The van der Waals surface area contributed by atoms with Gasteiger partial charge in [-0.2, -0.15) is 0 Å². The molecule has 0 aliphatic heterocycles. The van der Waals surface area contributed by atoms with E-state index in [1.807, 2.05) is 0 Å². The third-order valence-corrected chi connectivity index (χ3v) is 3.58. The highest BCUT2D eigenvalue weighted by Crippen LogP contribution is 2.20. The largest absolute Gasteiger partial charge is 0.382 e. The molecule has 4 nitrogen and oxygen atoms in total. The third-order valence-electron chi connectivity index (χ3n) is 2.66. The van der Waals surface area contributed by atoms with Crippen molar-refractivity contribution in [1.82, 2.24) is 4.98 Å². The summed E-state index contributed by atoms with van der Waals surface area (Å²) in [7, 11) is 1.67. The number of hydrogen-bond donors (Lipinski definition) is 1. The van der Waals surface area contributed by atoms with E-state index >= 15 is 0 Å². The van der Waals surface area contributed by atoms with Gasteiger partial charge in [0.25, 0.3) is 0 Å². The van der Waals surface area contributed by atoms with E-state index in [1.165, 1.54) is 0 Å². The van der Waals surface area contributed by atoms with Gasteiger partial charge in [0.05, 0.1) is 30.5 Å². The topological polar surface area (TPSA) is 57.4 Å². The highest BCUT2D eigenvalue weighted by atomic mass is 32.1. The van der Waals surface area contributed by atoms with Crippen molar-refractivity contribution < 1.29 is 9.47 Å². The zero-order valence-corrected chi connectivity index (χ0v) is 11.5. The lowest BCUT2D eigenvalue weighted by Gasteiger charge is -2.07. The van der Waals surface area contributed by atoms with Crippen LogP contribution in [0.4, 0.5) is 0 Å². The van der Waals surface area contributed by atoms with E-state index in [1.54, 1.807) is 18.4 Å². The minimum absolute atomic E-state index is 0.398. The Bertz CT molecular complexity index is 300. The molecule has 1 rings (SSSR count). The van der Waals surface area contributed by atoms with Crippen molar-refractivity contribution in [1.29, 1.82) is 0 Å². The lowest BCUT2D eigenvalue weighted by molar-refractivity contribution is 0.0722. The summed E-state index contributed by atoms with van der Waals surface area (Å²) >= 11 is 1.69. The second-order valence-electron chi connectivity index (χ2n) is 3.86. The van der Waals surface area contributed by atoms with Gasteiger partial charge in [0.15, 0.2) is 0 Å². The molecule has 0 spiro atoms. The Kier molecular flexibility index (Phi) is 7.35. The van der Waals surface area contributed by atoms with Crippen molar-refractivity contribution in [2.75, 3.05) is 33.5 Å². The molecule has 1 heterocycles. The molecule has 2 N–H and O–H groups in total. The molecule has 0 radical (unpaired) electrons. The molecule has 0 aliphatic rings. The SMILES string of the molecule is CCC(CN)c1csc(CCOCCOC)n1. The summed E-state index contributed by atoms with van der Waals surface area (Å²) in [6.45, 7) is 4.81. The van der Waals surface area contributed by atoms with Crippen LogP contribution in [0, 0.1) is 0 Å². The van der Waals surface area contributed by atoms with Gasteiger partial charge in [0, 0.05) is 31.4 Å². The van der Waals surface area contributed by atoms with E-state index in [0.29, 0.717) is 32.3 Å². The first-order chi connectivity index (χ1) is 8.31. The Morgan fingerprint density at radius 3 is 2.88 bits per heavy atom. The molecule has 5 heteroatoms. The van der Waals surface area contributed by atoms with Crippen molar-refractivity contribution in [2.45, 2.75) is 25.7 Å². The molecule has 1 atom stereocenters. The Hall–Kier alpha value is -0.490. The number of rotatable bonds is 9. The summed E-state index contributed by atoms with van der Waals surface area (Å²) in [4.78, 5) is 4.60. The first-order valence-electron chi connectivity index (χ1n) is 6.02. The summed E-state index contributed by atoms with van der Waals surface area (Å²) < 4.78 is 10.3. The smallest absolute Gasteiger partial charge is 0.0951 e. The zero-order valence-electron chi connectivity index (χ0n) is 10.6. The Labute approximate surface area is 107 Å². The van der Waals surface area contributed by atoms with Crippen LogP contribution >= 0.6 is 11.3 Å². The average molecular weight is 258 g/mol. The van der Waals surface area contributed by atoms with E-state index in [-0.39, 0.29) is 0 Å². The minimum Gasteiger partial charge on any atom is -0.382 e. The summed E-state index contributed by atoms with van der Waals surface area (Å²) in [6.07, 6.45) is 1.92. The van der Waals surface area contributed by atoms with Gasteiger partial charge in [0.1, 0.15) is 0 Å². The molecule has 0 fully saturated rings. The van der Waals surface area contributed by atoms with Crippen LogP contribution < -0.4 is 5.73 Å². The average Bonchev–Trinajstić information content (AvgIpc) is 2.79. The molecule has 0 saturated heterocycles. The first-order valence-corrected chi connectivity index (χ1v) is 6.90. The zero-order chi connectivity index (χ0) is 12.5. The van der Waals surface area contributed by atoms with Gasteiger partial charge in [-0.1, -0.05) is 6.92 Å². The Morgan fingerprint density at radius 2 is 2.24 bits per heavy atom. The van der Waals surface area contributed by atoms with Crippen LogP contribution in [-0.4, -0.2) is 38.5 Å². The number of ether oxygens (including phenoxy) is 2. The number of nitrogens with two attached hydrogens (primary N) is 1. The first kappa shape index (κ1) is 14.6. The standard InChI is InChI=1S/C12H22N2O2S/c1-3-10(8-13)11-9-17-12(14-11)4-5-16-7-6-15-2/h9-10H,3-8,13H2,1-2H3. The van der Waals surface area contributed by atoms with Crippen LogP contribution in [0.3, 0.4) is 0 Å². The second kappa shape index (κ2) is 8.58. The van der Waals surface area contributed by atoms with E-state index in [9.17, 15) is 0 Å². The summed E-state index contributed by atoms with van der Waals surface area (Å²) in [6, 6.07) is 0. The second-order valence-corrected chi connectivity index (χ2v) is 4.80. The maximum atomic E-state index is 5.71. The van der Waals surface area contributed by atoms with Crippen LogP contribution in [0.2, 0.25) is 0 Å². The van der Waals surface area contributed by atoms with Crippen molar-refractivity contribution in [3.05, 3.63) is 16.1 Å². The van der Waals surface area contributed by atoms with Gasteiger partial charge in [0.2, 0.25) is 0 Å². The molecule has 0 aliphatic carbocycles. The normalized spacial score (nSPS) is 12.9. The molecule has 0 saturated carbocycles. The molecule has 0 bridgehead atoms. The highest BCUT2D eigenvalue weighted by Gasteiger charge is 2.11. The maximum Gasteiger partial charge on any atom is 0.0951 e. The molecule has 1 aromatic rings. The van der Waals surface area contributed by atoms with Crippen LogP contribution in [-0.2, 0) is 15.9 Å². The lowest BCUT2D eigenvalue weighted by atomic mass is 10.0. The van der Waals surface area contributed by atoms with Crippen molar-refractivity contribution in [2.24, 2.45) is 5.73 Å². The summed E-state index contributed by atoms with van der Waals surface area (Å²) in [5, 5.41) is 3.25. The van der Waals surface area contributed by atoms with E-state index in [0.717, 1.165) is 23.5 Å². The molecular formula is C12H22N2O2S. The fourth-order valence-electron chi connectivity index (χ4n) is 1.53.